The van der Waals surface area contributed by atoms with Gasteiger partial charge in [-0.1, -0.05) is 18.2 Å². The third kappa shape index (κ3) is 3.71. The molecular formula is C21H21N3O2S. The van der Waals surface area contributed by atoms with Crippen molar-refractivity contribution >= 4 is 33.3 Å². The van der Waals surface area contributed by atoms with E-state index in [9.17, 15) is 9.00 Å². The zero-order chi connectivity index (χ0) is 18.8. The van der Waals surface area contributed by atoms with E-state index in [1.807, 2.05) is 41.4 Å². The van der Waals surface area contributed by atoms with Crippen molar-refractivity contribution in [3.05, 3.63) is 71.6 Å². The van der Waals surface area contributed by atoms with Crippen LogP contribution in [0.5, 0.6) is 0 Å². The molecule has 0 spiro atoms. The minimum Gasteiger partial charge on any atom is -0.346 e. The monoisotopic (exact) mass is 379 g/mol. The number of nitrogens with zero attached hydrogens (tertiary/aromatic N) is 2. The molecule has 27 heavy (non-hydrogen) atoms. The molecule has 0 unspecified atom stereocenters. The second-order valence-corrected chi connectivity index (χ2v) is 8.19. The molecule has 0 radical (unpaired) electrons. The molecule has 1 N–H and O–H groups in total. The molecule has 0 saturated carbocycles. The van der Waals surface area contributed by atoms with Gasteiger partial charge < -0.3 is 9.88 Å². The van der Waals surface area contributed by atoms with Crippen LogP contribution < -0.4 is 0 Å². The van der Waals surface area contributed by atoms with Gasteiger partial charge in [-0.25, -0.2) is 4.98 Å². The van der Waals surface area contributed by atoms with Crippen molar-refractivity contribution < 1.29 is 9.00 Å². The minimum absolute atomic E-state index is 0.0228. The number of pyridine rings is 1. The minimum atomic E-state index is -0.919. The quantitative estimate of drug-likeness (QED) is 0.756. The van der Waals surface area contributed by atoms with Crippen LogP contribution in [0.15, 0.2) is 54.9 Å². The lowest BCUT2D eigenvalue weighted by atomic mass is 9.99. The second kappa shape index (κ2) is 7.48. The van der Waals surface area contributed by atoms with E-state index in [-0.39, 0.29) is 5.91 Å². The molecule has 5 nitrogen and oxygen atoms in total. The van der Waals surface area contributed by atoms with Crippen molar-refractivity contribution in [3.8, 4) is 0 Å². The predicted octanol–water partition coefficient (Wildman–Crippen LogP) is 3.37. The van der Waals surface area contributed by atoms with Gasteiger partial charge in [0.2, 0.25) is 0 Å². The fraction of sp³-hybridized carbons (Fsp3) is 0.238. The Hall–Kier alpha value is -2.73. The van der Waals surface area contributed by atoms with Crippen molar-refractivity contribution in [2.75, 3.05) is 19.3 Å². The fourth-order valence-electron chi connectivity index (χ4n) is 3.53. The number of rotatable bonds is 4. The van der Waals surface area contributed by atoms with Crippen molar-refractivity contribution in [1.29, 1.82) is 0 Å². The lowest BCUT2D eigenvalue weighted by Crippen LogP contribution is -2.34. The first kappa shape index (κ1) is 17.7. The van der Waals surface area contributed by atoms with Crippen LogP contribution in [0, 0.1) is 0 Å². The van der Waals surface area contributed by atoms with Gasteiger partial charge in [-0.05, 0) is 41.8 Å². The highest BCUT2D eigenvalue weighted by Crippen LogP contribution is 2.28. The van der Waals surface area contributed by atoms with Crippen LogP contribution in [0.25, 0.3) is 16.6 Å². The SMILES string of the molecule is C[S@@](=O)Cc1cccc(C(=O)N2CC=C(c3c[nH]c4ncccc34)CC2)c1. The summed E-state index contributed by atoms with van der Waals surface area (Å²) in [4.78, 5) is 22.3. The van der Waals surface area contributed by atoms with E-state index in [0.717, 1.165) is 28.6 Å². The highest BCUT2D eigenvalue weighted by Gasteiger charge is 2.21. The number of aromatic amines is 1. The van der Waals surface area contributed by atoms with Crippen LogP contribution >= 0.6 is 0 Å². The molecule has 1 amide bonds. The number of carbonyl (C=O) groups excluding carboxylic acids is 1. The molecule has 0 bridgehead atoms. The average molecular weight is 379 g/mol. The highest BCUT2D eigenvalue weighted by atomic mass is 32.2. The van der Waals surface area contributed by atoms with Gasteiger partial charge in [0, 0.05) is 64.8 Å². The molecule has 1 aliphatic rings. The van der Waals surface area contributed by atoms with Gasteiger partial charge in [-0.15, -0.1) is 0 Å². The largest absolute Gasteiger partial charge is 0.346 e. The normalized spacial score (nSPS) is 15.6. The van der Waals surface area contributed by atoms with Gasteiger partial charge in [0.15, 0.2) is 0 Å². The Bertz CT molecular complexity index is 1050. The number of aromatic nitrogens is 2. The summed E-state index contributed by atoms with van der Waals surface area (Å²) in [6.07, 6.45) is 8.38. The van der Waals surface area contributed by atoms with Crippen LogP contribution in [0.1, 0.15) is 27.9 Å². The van der Waals surface area contributed by atoms with Crippen molar-refractivity contribution in [1.82, 2.24) is 14.9 Å². The van der Waals surface area contributed by atoms with Crippen LogP contribution in [0.2, 0.25) is 0 Å². The summed E-state index contributed by atoms with van der Waals surface area (Å²) in [7, 11) is -0.919. The third-order valence-corrected chi connectivity index (χ3v) is 5.58. The Morgan fingerprint density at radius 3 is 2.96 bits per heavy atom. The van der Waals surface area contributed by atoms with E-state index in [1.54, 1.807) is 12.5 Å². The van der Waals surface area contributed by atoms with Crippen LogP contribution in [-0.2, 0) is 16.6 Å². The van der Waals surface area contributed by atoms with E-state index in [2.05, 4.69) is 22.1 Å². The van der Waals surface area contributed by atoms with Crippen molar-refractivity contribution in [2.45, 2.75) is 12.2 Å². The van der Waals surface area contributed by atoms with Crippen LogP contribution in [-0.4, -0.2) is 44.3 Å². The van der Waals surface area contributed by atoms with E-state index in [1.165, 1.54) is 5.57 Å². The van der Waals surface area contributed by atoms with Gasteiger partial charge in [-0.3, -0.25) is 9.00 Å². The molecular weight excluding hydrogens is 358 g/mol. The van der Waals surface area contributed by atoms with E-state index >= 15 is 0 Å². The lowest BCUT2D eigenvalue weighted by Gasteiger charge is -2.26. The Kier molecular flexibility index (Phi) is 4.90. The van der Waals surface area contributed by atoms with E-state index < -0.39 is 10.8 Å². The first-order valence-corrected chi connectivity index (χ1v) is 10.6. The molecule has 2 aromatic heterocycles. The van der Waals surface area contributed by atoms with Crippen LogP contribution in [0.4, 0.5) is 0 Å². The maximum atomic E-state index is 12.8. The topological polar surface area (TPSA) is 66.1 Å². The van der Waals surface area contributed by atoms with Gasteiger partial charge >= 0.3 is 0 Å². The Labute approximate surface area is 160 Å². The molecule has 138 valence electrons. The molecule has 0 fully saturated rings. The van der Waals surface area contributed by atoms with Gasteiger partial charge in [0.1, 0.15) is 5.65 Å². The van der Waals surface area contributed by atoms with Gasteiger partial charge in [0.05, 0.1) is 0 Å². The zero-order valence-electron chi connectivity index (χ0n) is 15.1. The van der Waals surface area contributed by atoms with Gasteiger partial charge in [-0.2, -0.15) is 0 Å². The molecule has 1 aliphatic heterocycles. The maximum Gasteiger partial charge on any atom is 0.254 e. The lowest BCUT2D eigenvalue weighted by molar-refractivity contribution is 0.0773. The molecule has 3 heterocycles. The predicted molar refractivity (Wildman–Crippen MR) is 109 cm³/mol. The molecule has 0 aliphatic carbocycles. The average Bonchev–Trinajstić information content (AvgIpc) is 3.11. The first-order chi connectivity index (χ1) is 13.1. The summed E-state index contributed by atoms with van der Waals surface area (Å²) in [6.45, 7) is 1.27. The smallest absolute Gasteiger partial charge is 0.254 e. The Morgan fingerprint density at radius 2 is 2.19 bits per heavy atom. The number of H-pyrrole nitrogens is 1. The highest BCUT2D eigenvalue weighted by molar-refractivity contribution is 7.83. The van der Waals surface area contributed by atoms with E-state index in [0.29, 0.717) is 24.4 Å². The molecule has 1 atom stereocenters. The molecule has 0 saturated heterocycles. The Balaban J connectivity index is 1.51. The summed E-state index contributed by atoms with van der Waals surface area (Å²) >= 11 is 0. The first-order valence-electron chi connectivity index (χ1n) is 8.91. The number of benzene rings is 1. The van der Waals surface area contributed by atoms with Gasteiger partial charge in [0.25, 0.3) is 5.91 Å². The third-order valence-electron chi connectivity index (χ3n) is 4.84. The number of nitrogens with one attached hydrogen (secondary N) is 1. The second-order valence-electron chi connectivity index (χ2n) is 6.75. The molecule has 3 aromatic rings. The summed E-state index contributed by atoms with van der Waals surface area (Å²) in [6, 6.07) is 11.5. The number of amides is 1. The number of fused-ring (bicyclic) bond motifs is 1. The van der Waals surface area contributed by atoms with Crippen molar-refractivity contribution in [2.24, 2.45) is 0 Å². The molecule has 1 aromatic carbocycles. The van der Waals surface area contributed by atoms with Crippen molar-refractivity contribution in [3.63, 3.8) is 0 Å². The summed E-state index contributed by atoms with van der Waals surface area (Å²) in [5, 5.41) is 1.11. The number of hydrogen-bond acceptors (Lipinski definition) is 3. The fourth-order valence-corrected chi connectivity index (χ4v) is 4.18. The zero-order valence-corrected chi connectivity index (χ0v) is 16.0. The molecule has 4 rings (SSSR count). The summed E-state index contributed by atoms with van der Waals surface area (Å²) in [5.74, 6) is 0.495. The standard InChI is InChI=1S/C21H21N3O2S/c1-27(26)14-15-4-2-5-17(12-15)21(25)24-10-7-16(8-11-24)19-13-23-20-18(19)6-3-9-22-20/h2-7,9,12-13H,8,10-11,14H2,1H3,(H,22,23)/t27-/m1/s1. The Morgan fingerprint density at radius 1 is 1.30 bits per heavy atom. The molecule has 6 heteroatoms. The number of carbonyl (C=O) groups is 1. The number of hydrogen-bond donors (Lipinski definition) is 1. The maximum absolute atomic E-state index is 12.8. The summed E-state index contributed by atoms with van der Waals surface area (Å²) < 4.78 is 11.4. The van der Waals surface area contributed by atoms with Crippen LogP contribution in [0.3, 0.4) is 0 Å². The van der Waals surface area contributed by atoms with E-state index in [4.69, 9.17) is 0 Å². The summed E-state index contributed by atoms with van der Waals surface area (Å²) in [5.41, 5.74) is 4.88.